The molecule has 0 radical (unpaired) electrons. The number of nitrogens with one attached hydrogen (secondary N) is 1. The molecule has 0 amide bonds. The Hall–Kier alpha value is -3.29. The lowest BCUT2D eigenvalue weighted by molar-refractivity contribution is 0.183. The Morgan fingerprint density at radius 1 is 0.923 bits per heavy atom. The van der Waals surface area contributed by atoms with Crippen molar-refractivity contribution in [2.45, 2.75) is 64.5 Å². The standard InChI is InChI=1S/C29H31F2N3O.C3H8O/c1-20-4-13-28-27(19-20)32-29(35)34(28)25-14-17-33(18-15-25)16-2-3-26(21-5-9-23(30)10-6-21)22-7-11-24(31)12-8-22;1-3(2)4/h4-13,19,25-26H,2-3,14-18H2,1H3,(H,32,35);3-4H,1-2H3. The van der Waals surface area contributed by atoms with Crippen LogP contribution in [0, 0.1) is 18.6 Å². The van der Waals surface area contributed by atoms with Crippen molar-refractivity contribution in [1.82, 2.24) is 14.5 Å². The number of rotatable bonds is 7. The van der Waals surface area contributed by atoms with Crippen molar-refractivity contribution in [3.8, 4) is 0 Å². The van der Waals surface area contributed by atoms with Crippen molar-refractivity contribution in [3.05, 3.63) is 106 Å². The van der Waals surface area contributed by atoms with E-state index in [0.717, 1.165) is 73.0 Å². The molecule has 7 heteroatoms. The third-order valence-electron chi connectivity index (χ3n) is 7.31. The first-order valence-electron chi connectivity index (χ1n) is 13.8. The summed E-state index contributed by atoms with van der Waals surface area (Å²) in [5.41, 5.74) is 5.10. The van der Waals surface area contributed by atoms with Gasteiger partial charge in [-0.05, 0) is 106 Å². The van der Waals surface area contributed by atoms with Crippen LogP contribution in [0.3, 0.4) is 0 Å². The Morgan fingerprint density at radius 2 is 1.46 bits per heavy atom. The van der Waals surface area contributed by atoms with Gasteiger partial charge in [0.2, 0.25) is 0 Å². The highest BCUT2D eigenvalue weighted by atomic mass is 19.1. The third-order valence-corrected chi connectivity index (χ3v) is 7.31. The maximum absolute atomic E-state index is 13.5. The van der Waals surface area contributed by atoms with E-state index in [-0.39, 0.29) is 35.4 Å². The highest BCUT2D eigenvalue weighted by molar-refractivity contribution is 5.76. The molecule has 1 aliphatic heterocycles. The number of H-pyrrole nitrogens is 1. The number of hydrogen-bond acceptors (Lipinski definition) is 3. The van der Waals surface area contributed by atoms with Gasteiger partial charge in [0.25, 0.3) is 0 Å². The quantitative estimate of drug-likeness (QED) is 0.282. The van der Waals surface area contributed by atoms with Crippen LogP contribution in [0.1, 0.15) is 68.2 Å². The van der Waals surface area contributed by atoms with E-state index in [4.69, 9.17) is 5.11 Å². The Kier molecular flexibility index (Phi) is 9.70. The second kappa shape index (κ2) is 13.2. The summed E-state index contributed by atoms with van der Waals surface area (Å²) in [5.74, 6) is -0.403. The number of halogens is 2. The first-order valence-corrected chi connectivity index (χ1v) is 13.8. The molecular formula is C32H39F2N3O2. The van der Waals surface area contributed by atoms with E-state index in [1.807, 2.05) is 47.9 Å². The van der Waals surface area contributed by atoms with Crippen molar-refractivity contribution in [2.24, 2.45) is 0 Å². The number of aromatic nitrogens is 2. The van der Waals surface area contributed by atoms with Gasteiger partial charge in [-0.2, -0.15) is 0 Å². The number of likely N-dealkylation sites (tertiary alicyclic amines) is 1. The molecule has 0 unspecified atom stereocenters. The van der Waals surface area contributed by atoms with Crippen LogP contribution in [-0.4, -0.2) is 45.3 Å². The van der Waals surface area contributed by atoms with Crippen molar-refractivity contribution in [1.29, 1.82) is 0 Å². The molecule has 39 heavy (non-hydrogen) atoms. The maximum atomic E-state index is 13.5. The van der Waals surface area contributed by atoms with Crippen LogP contribution in [0.15, 0.2) is 71.5 Å². The molecule has 208 valence electrons. The van der Waals surface area contributed by atoms with Crippen molar-refractivity contribution >= 4 is 11.0 Å². The van der Waals surface area contributed by atoms with Gasteiger partial charge >= 0.3 is 5.69 Å². The minimum atomic E-state index is -0.251. The van der Waals surface area contributed by atoms with Crippen LogP contribution in [0.5, 0.6) is 0 Å². The zero-order valence-electron chi connectivity index (χ0n) is 23.0. The molecule has 1 aromatic heterocycles. The maximum Gasteiger partial charge on any atom is 0.326 e. The number of aliphatic hydroxyl groups is 1. The molecule has 5 nitrogen and oxygen atoms in total. The van der Waals surface area contributed by atoms with Gasteiger partial charge in [0, 0.05) is 31.2 Å². The molecule has 0 bridgehead atoms. The summed E-state index contributed by atoms with van der Waals surface area (Å²) < 4.78 is 28.9. The topological polar surface area (TPSA) is 61.3 Å². The second-order valence-corrected chi connectivity index (χ2v) is 10.8. The number of aryl methyl sites for hydroxylation is 1. The second-order valence-electron chi connectivity index (χ2n) is 10.8. The van der Waals surface area contributed by atoms with Gasteiger partial charge in [-0.15, -0.1) is 0 Å². The molecule has 2 heterocycles. The van der Waals surface area contributed by atoms with E-state index in [2.05, 4.69) is 16.0 Å². The number of benzene rings is 3. The molecule has 1 fully saturated rings. The lowest BCUT2D eigenvalue weighted by Gasteiger charge is -2.33. The zero-order valence-corrected chi connectivity index (χ0v) is 23.0. The molecular weight excluding hydrogens is 496 g/mol. The fraction of sp³-hybridized carbons (Fsp3) is 0.406. The number of fused-ring (bicyclic) bond motifs is 1. The van der Waals surface area contributed by atoms with Gasteiger partial charge in [0.05, 0.1) is 11.0 Å². The monoisotopic (exact) mass is 535 g/mol. The number of aliphatic hydroxyl groups excluding tert-OH is 1. The highest BCUT2D eigenvalue weighted by Crippen LogP contribution is 2.31. The molecule has 2 N–H and O–H groups in total. The highest BCUT2D eigenvalue weighted by Gasteiger charge is 2.24. The number of piperidine rings is 1. The largest absolute Gasteiger partial charge is 0.394 e. The lowest BCUT2D eigenvalue weighted by atomic mass is 9.87. The predicted octanol–water partition coefficient (Wildman–Crippen LogP) is 6.55. The SMILES string of the molecule is CC(C)O.Cc1ccc2c(c1)[nH]c(=O)n2C1CCN(CCCC(c2ccc(F)cc2)c2ccc(F)cc2)CC1. The molecule has 0 spiro atoms. The van der Waals surface area contributed by atoms with Gasteiger partial charge in [-0.3, -0.25) is 4.57 Å². The first-order chi connectivity index (χ1) is 18.7. The fourth-order valence-corrected chi connectivity index (χ4v) is 5.44. The van der Waals surface area contributed by atoms with E-state index < -0.39 is 0 Å². The summed E-state index contributed by atoms with van der Waals surface area (Å²) in [6.45, 7) is 8.35. The van der Waals surface area contributed by atoms with E-state index in [9.17, 15) is 13.6 Å². The van der Waals surface area contributed by atoms with Crippen LogP contribution in [0.2, 0.25) is 0 Å². The average Bonchev–Trinajstić information content (AvgIpc) is 3.23. The van der Waals surface area contributed by atoms with Gasteiger partial charge in [0.15, 0.2) is 0 Å². The van der Waals surface area contributed by atoms with Crippen molar-refractivity contribution < 1.29 is 13.9 Å². The van der Waals surface area contributed by atoms with E-state index in [0.29, 0.717) is 0 Å². The van der Waals surface area contributed by atoms with E-state index >= 15 is 0 Å². The Labute approximate surface area is 229 Å². The third kappa shape index (κ3) is 7.64. The van der Waals surface area contributed by atoms with Gasteiger partial charge in [0.1, 0.15) is 11.6 Å². The minimum absolute atomic E-state index is 0.0227. The molecule has 5 rings (SSSR count). The molecule has 3 aromatic carbocycles. The fourth-order valence-electron chi connectivity index (χ4n) is 5.44. The average molecular weight is 536 g/mol. The van der Waals surface area contributed by atoms with Crippen LogP contribution >= 0.6 is 0 Å². The summed E-state index contributed by atoms with van der Waals surface area (Å²) in [4.78, 5) is 18.1. The summed E-state index contributed by atoms with van der Waals surface area (Å²) >= 11 is 0. The van der Waals surface area contributed by atoms with E-state index in [1.54, 1.807) is 13.8 Å². The van der Waals surface area contributed by atoms with E-state index in [1.165, 1.54) is 24.3 Å². The zero-order chi connectivity index (χ0) is 27.9. The number of hydrogen-bond donors (Lipinski definition) is 2. The van der Waals surface area contributed by atoms with Crippen LogP contribution < -0.4 is 5.69 Å². The normalized spacial score (nSPS) is 14.7. The molecule has 1 saturated heterocycles. The molecule has 0 saturated carbocycles. The Morgan fingerprint density at radius 3 is 2.00 bits per heavy atom. The van der Waals surface area contributed by atoms with Crippen LogP contribution in [0.25, 0.3) is 11.0 Å². The smallest absolute Gasteiger partial charge is 0.326 e. The van der Waals surface area contributed by atoms with Crippen molar-refractivity contribution in [2.75, 3.05) is 19.6 Å². The minimum Gasteiger partial charge on any atom is -0.394 e. The Balaban J connectivity index is 0.000000826. The number of nitrogens with zero attached hydrogens (tertiary/aromatic N) is 2. The molecule has 0 atom stereocenters. The van der Waals surface area contributed by atoms with Gasteiger partial charge < -0.3 is 15.0 Å². The summed E-state index contributed by atoms with van der Waals surface area (Å²) in [5, 5.41) is 8.06. The molecule has 4 aromatic rings. The molecule has 1 aliphatic rings. The molecule has 0 aliphatic carbocycles. The summed E-state index contributed by atoms with van der Waals surface area (Å²) in [7, 11) is 0. The van der Waals surface area contributed by atoms with Gasteiger partial charge in [-0.25, -0.2) is 13.6 Å². The summed E-state index contributed by atoms with van der Waals surface area (Å²) in [6, 6.07) is 19.6. The first kappa shape index (κ1) is 28.7. The van der Waals surface area contributed by atoms with Crippen LogP contribution in [-0.2, 0) is 0 Å². The summed E-state index contributed by atoms with van der Waals surface area (Å²) in [6.07, 6.45) is 3.61. The van der Waals surface area contributed by atoms with Crippen LogP contribution in [0.4, 0.5) is 8.78 Å². The van der Waals surface area contributed by atoms with Crippen molar-refractivity contribution in [3.63, 3.8) is 0 Å². The lowest BCUT2D eigenvalue weighted by Crippen LogP contribution is -2.37. The number of aromatic amines is 1. The predicted molar refractivity (Wildman–Crippen MR) is 153 cm³/mol. The Bertz CT molecular complexity index is 1340. The number of imidazole rings is 1. The van der Waals surface area contributed by atoms with Gasteiger partial charge in [-0.1, -0.05) is 30.3 Å².